The summed E-state index contributed by atoms with van der Waals surface area (Å²) < 4.78 is 23.1. The molecule has 2 amide bonds. The molecule has 1 fully saturated rings. The van der Waals surface area contributed by atoms with Gasteiger partial charge >= 0.3 is 0 Å². The molecule has 1 aliphatic rings. The van der Waals surface area contributed by atoms with Crippen LogP contribution in [0.2, 0.25) is 0 Å². The summed E-state index contributed by atoms with van der Waals surface area (Å²) >= 11 is 0. The van der Waals surface area contributed by atoms with E-state index >= 15 is 4.39 Å². The van der Waals surface area contributed by atoms with E-state index in [2.05, 4.69) is 20.7 Å². The van der Waals surface area contributed by atoms with Gasteiger partial charge in [-0.25, -0.2) is 4.39 Å². The maximum Gasteiger partial charge on any atom is 0.230 e. The normalized spacial score (nSPS) is 14.2. The molecule has 4 aromatic rings. The Morgan fingerprint density at radius 1 is 1.13 bits per heavy atom. The summed E-state index contributed by atoms with van der Waals surface area (Å²) in [6.45, 7) is 7.84. The van der Waals surface area contributed by atoms with E-state index in [9.17, 15) is 9.59 Å². The Kier molecular flexibility index (Phi) is 6.62. The average Bonchev–Trinajstić information content (AvgIpc) is 3.57. The Morgan fingerprint density at radius 3 is 2.56 bits per heavy atom. The molecule has 9 heteroatoms. The third-order valence-corrected chi connectivity index (χ3v) is 7.13. The van der Waals surface area contributed by atoms with Crippen LogP contribution in [0.4, 0.5) is 10.1 Å². The van der Waals surface area contributed by atoms with E-state index in [-0.39, 0.29) is 29.3 Å². The number of halogens is 1. The molecule has 2 aromatic carbocycles. The molecule has 5 rings (SSSR count). The van der Waals surface area contributed by atoms with E-state index in [4.69, 9.17) is 4.74 Å². The molecule has 202 valence electrons. The van der Waals surface area contributed by atoms with Crippen LogP contribution in [0.25, 0.3) is 10.9 Å². The Morgan fingerprint density at radius 2 is 1.90 bits per heavy atom. The summed E-state index contributed by atoms with van der Waals surface area (Å²) in [6.07, 6.45) is 6.40. The van der Waals surface area contributed by atoms with Crippen LogP contribution in [-0.2, 0) is 27.0 Å². The maximum atomic E-state index is 15.1. The number of fused-ring (bicyclic) bond motifs is 1. The zero-order valence-corrected chi connectivity index (χ0v) is 22.8. The summed E-state index contributed by atoms with van der Waals surface area (Å²) in [5, 5.41) is 10.6. The maximum absolute atomic E-state index is 15.1. The number of rotatable bonds is 7. The van der Waals surface area contributed by atoms with Gasteiger partial charge in [-0.15, -0.1) is 0 Å². The largest absolute Gasteiger partial charge is 0.456 e. The van der Waals surface area contributed by atoms with Gasteiger partial charge in [-0.1, -0.05) is 6.07 Å². The number of pyridine rings is 1. The topological polar surface area (TPSA) is 98.1 Å². The third kappa shape index (κ3) is 5.21. The summed E-state index contributed by atoms with van der Waals surface area (Å²) in [5.41, 5.74) is 2.39. The molecule has 0 spiro atoms. The Balaban J connectivity index is 1.36. The number of anilines is 1. The number of nitrogens with one attached hydrogen (secondary N) is 2. The molecule has 8 nitrogen and oxygen atoms in total. The van der Waals surface area contributed by atoms with Crippen molar-refractivity contribution in [3.05, 3.63) is 77.5 Å². The molecule has 0 atom stereocenters. The molecule has 0 bridgehead atoms. The Bertz CT molecular complexity index is 1580. The molecule has 2 N–H and O–H groups in total. The van der Waals surface area contributed by atoms with Crippen LogP contribution < -0.4 is 15.4 Å². The number of ether oxygens (including phenoxy) is 1. The molecule has 0 aliphatic heterocycles. The van der Waals surface area contributed by atoms with Gasteiger partial charge in [0, 0.05) is 30.9 Å². The van der Waals surface area contributed by atoms with Crippen LogP contribution in [0.5, 0.6) is 11.5 Å². The number of carbonyl (C=O) groups is 2. The highest BCUT2D eigenvalue weighted by atomic mass is 19.1. The SMILES string of the molecule is CNC(=O)C1(c2ccc3nccc(Oc4cc(F)c(CC(=O)Nc5cnn(C(C)(C)C)c5)cc4C)c3c2)CC1. The van der Waals surface area contributed by atoms with Gasteiger partial charge in [0.1, 0.15) is 17.3 Å². The lowest BCUT2D eigenvalue weighted by molar-refractivity contribution is -0.123. The minimum atomic E-state index is -0.535. The summed E-state index contributed by atoms with van der Waals surface area (Å²) in [6, 6.07) is 10.4. The molecule has 2 heterocycles. The summed E-state index contributed by atoms with van der Waals surface area (Å²) in [5.74, 6) is -0.0272. The second-order valence-corrected chi connectivity index (χ2v) is 11.1. The van der Waals surface area contributed by atoms with Crippen molar-refractivity contribution in [2.24, 2.45) is 0 Å². The first-order valence-corrected chi connectivity index (χ1v) is 12.9. The van der Waals surface area contributed by atoms with Crippen LogP contribution in [-0.4, -0.2) is 33.6 Å². The average molecular weight is 530 g/mol. The molecule has 0 saturated heterocycles. The molecular weight excluding hydrogens is 497 g/mol. The van der Waals surface area contributed by atoms with E-state index in [0.29, 0.717) is 28.3 Å². The number of likely N-dealkylation sites (N-methyl/N-ethyl adjacent to an activating group) is 1. The lowest BCUT2D eigenvalue weighted by atomic mass is 9.93. The fraction of sp³-hybridized carbons (Fsp3) is 0.333. The second-order valence-electron chi connectivity index (χ2n) is 11.1. The van der Waals surface area contributed by atoms with Gasteiger partial charge < -0.3 is 15.4 Å². The van der Waals surface area contributed by atoms with Crippen LogP contribution in [0, 0.1) is 12.7 Å². The van der Waals surface area contributed by atoms with Gasteiger partial charge in [-0.3, -0.25) is 19.3 Å². The van der Waals surface area contributed by atoms with Gasteiger partial charge in [0.15, 0.2) is 0 Å². The van der Waals surface area contributed by atoms with E-state index in [1.165, 1.54) is 6.07 Å². The minimum absolute atomic E-state index is 0.00575. The second kappa shape index (κ2) is 9.80. The monoisotopic (exact) mass is 529 g/mol. The summed E-state index contributed by atoms with van der Waals surface area (Å²) in [7, 11) is 1.64. The van der Waals surface area contributed by atoms with E-state index < -0.39 is 11.2 Å². The first-order valence-electron chi connectivity index (χ1n) is 12.9. The third-order valence-electron chi connectivity index (χ3n) is 7.13. The van der Waals surface area contributed by atoms with Crippen molar-refractivity contribution in [1.29, 1.82) is 0 Å². The van der Waals surface area contributed by atoms with Crippen LogP contribution in [0.15, 0.2) is 55.0 Å². The highest BCUT2D eigenvalue weighted by molar-refractivity contribution is 5.94. The predicted molar refractivity (Wildman–Crippen MR) is 147 cm³/mol. The number of aryl methyl sites for hydroxylation is 1. The number of hydrogen-bond donors (Lipinski definition) is 2. The molecule has 0 unspecified atom stereocenters. The smallest absolute Gasteiger partial charge is 0.230 e. The number of hydrogen-bond acceptors (Lipinski definition) is 5. The highest BCUT2D eigenvalue weighted by Crippen LogP contribution is 2.49. The fourth-order valence-corrected chi connectivity index (χ4v) is 4.74. The first kappa shape index (κ1) is 26.3. The molecule has 0 radical (unpaired) electrons. The van der Waals surface area contributed by atoms with Crippen molar-refractivity contribution < 1.29 is 18.7 Å². The van der Waals surface area contributed by atoms with Gasteiger partial charge in [-0.05, 0) is 81.5 Å². The number of benzene rings is 2. The lowest BCUT2D eigenvalue weighted by Crippen LogP contribution is -2.31. The summed E-state index contributed by atoms with van der Waals surface area (Å²) in [4.78, 5) is 29.6. The van der Waals surface area contributed by atoms with Gasteiger partial charge in [0.2, 0.25) is 11.8 Å². The number of aromatic nitrogens is 3. The highest BCUT2D eigenvalue weighted by Gasteiger charge is 2.50. The van der Waals surface area contributed by atoms with Crippen LogP contribution in [0.3, 0.4) is 0 Å². The van der Waals surface area contributed by atoms with Crippen molar-refractivity contribution in [1.82, 2.24) is 20.1 Å². The van der Waals surface area contributed by atoms with Crippen molar-refractivity contribution in [2.75, 3.05) is 12.4 Å². The van der Waals surface area contributed by atoms with Gasteiger partial charge in [0.05, 0.1) is 34.8 Å². The molecule has 1 aliphatic carbocycles. The van der Waals surface area contributed by atoms with Crippen molar-refractivity contribution >= 4 is 28.4 Å². The molecule has 1 saturated carbocycles. The van der Waals surface area contributed by atoms with Crippen molar-refractivity contribution in [3.63, 3.8) is 0 Å². The van der Waals surface area contributed by atoms with Crippen LogP contribution >= 0.6 is 0 Å². The van der Waals surface area contributed by atoms with Crippen molar-refractivity contribution in [2.45, 2.75) is 57.9 Å². The zero-order chi connectivity index (χ0) is 27.9. The number of nitrogens with zero attached hydrogens (tertiary/aromatic N) is 3. The Labute approximate surface area is 226 Å². The minimum Gasteiger partial charge on any atom is -0.456 e. The van der Waals surface area contributed by atoms with Crippen molar-refractivity contribution in [3.8, 4) is 11.5 Å². The molecular formula is C30H32FN5O3. The molecule has 39 heavy (non-hydrogen) atoms. The zero-order valence-electron chi connectivity index (χ0n) is 22.8. The Hall–Kier alpha value is -4.27. The fourth-order valence-electron chi connectivity index (χ4n) is 4.74. The van der Waals surface area contributed by atoms with Crippen LogP contribution in [0.1, 0.15) is 50.3 Å². The lowest BCUT2D eigenvalue weighted by Gasteiger charge is -2.18. The number of carbonyl (C=O) groups excluding carboxylic acids is 2. The van der Waals surface area contributed by atoms with E-state index in [0.717, 1.165) is 23.8 Å². The quantitative estimate of drug-likeness (QED) is 0.335. The van der Waals surface area contributed by atoms with Gasteiger partial charge in [0.25, 0.3) is 0 Å². The van der Waals surface area contributed by atoms with E-state index in [1.807, 2.05) is 45.9 Å². The predicted octanol–water partition coefficient (Wildman–Crippen LogP) is 5.38. The number of amides is 2. The first-order chi connectivity index (χ1) is 18.5. The molecule has 2 aromatic heterocycles. The van der Waals surface area contributed by atoms with E-state index in [1.54, 1.807) is 42.5 Å². The van der Waals surface area contributed by atoms with Gasteiger partial charge in [-0.2, -0.15) is 5.10 Å². The standard InChI is InChI=1S/C30H32FN5O3/c1-18-12-19(13-27(37)35-21-16-34-36(17-21)29(2,3)4)23(31)15-26(18)39-25-8-11-33-24-7-6-20(14-22(24)25)30(9-10-30)28(38)32-5/h6-8,11-12,14-17H,9-10,13H2,1-5H3,(H,32,38)(H,35,37).